The van der Waals surface area contributed by atoms with Crippen LogP contribution in [0.2, 0.25) is 0 Å². The predicted molar refractivity (Wildman–Crippen MR) is 60.7 cm³/mol. The van der Waals surface area contributed by atoms with Crippen molar-refractivity contribution in [1.29, 1.82) is 0 Å². The van der Waals surface area contributed by atoms with Gasteiger partial charge in [-0.25, -0.2) is 0 Å². The van der Waals surface area contributed by atoms with E-state index in [-0.39, 0.29) is 0 Å². The molecule has 0 radical (unpaired) electrons. The van der Waals surface area contributed by atoms with Gasteiger partial charge >= 0.3 is 11.9 Å². The van der Waals surface area contributed by atoms with Gasteiger partial charge in [-0.2, -0.15) is 8.42 Å². The van der Waals surface area contributed by atoms with Gasteiger partial charge in [-0.05, 0) is 18.8 Å². The molecule has 18 heavy (non-hydrogen) atoms. The third kappa shape index (κ3) is 2.64. The molecule has 3 N–H and O–H groups in total. The Morgan fingerprint density at radius 1 is 1.11 bits per heavy atom. The van der Waals surface area contributed by atoms with Gasteiger partial charge in [0.25, 0.3) is 10.1 Å². The summed E-state index contributed by atoms with van der Waals surface area (Å²) in [4.78, 5) is 22.1. The minimum absolute atomic E-state index is 0.291. The molecule has 1 aliphatic rings. The highest BCUT2D eigenvalue weighted by Gasteiger charge is 2.57. The van der Waals surface area contributed by atoms with Crippen molar-refractivity contribution in [2.75, 3.05) is 0 Å². The molecule has 0 spiro atoms. The quantitative estimate of drug-likeness (QED) is 0.634. The molecule has 1 unspecified atom stereocenters. The van der Waals surface area contributed by atoms with Crippen LogP contribution in [0.4, 0.5) is 0 Å². The standard InChI is InChI=1S/C10H16O7S/c11-8(12)6-10(9(13)14,18(15,16)17)7-4-2-1-3-5-7/h7H,1-6H2,(H,11,12)(H,13,14)(H,15,16,17). The lowest BCUT2D eigenvalue weighted by Gasteiger charge is -2.35. The Bertz CT molecular complexity index is 435. The largest absolute Gasteiger partial charge is 0.481 e. The zero-order valence-corrected chi connectivity index (χ0v) is 10.5. The molecular formula is C10H16O7S. The number of carboxylic acids is 2. The van der Waals surface area contributed by atoms with Crippen molar-refractivity contribution in [2.45, 2.75) is 43.3 Å². The first-order chi connectivity index (χ1) is 8.22. The van der Waals surface area contributed by atoms with Gasteiger partial charge in [0.15, 0.2) is 0 Å². The molecule has 7 nitrogen and oxygen atoms in total. The summed E-state index contributed by atoms with van der Waals surface area (Å²) in [5, 5.41) is 17.9. The average Bonchev–Trinajstić information content (AvgIpc) is 2.24. The Labute approximate surface area is 105 Å². The molecule has 1 saturated carbocycles. The average molecular weight is 280 g/mol. The fraction of sp³-hybridized carbons (Fsp3) is 0.800. The maximum absolute atomic E-state index is 11.4. The fourth-order valence-corrected chi connectivity index (χ4v) is 3.78. The Morgan fingerprint density at radius 3 is 1.94 bits per heavy atom. The molecule has 0 bridgehead atoms. The molecule has 8 heteroatoms. The van der Waals surface area contributed by atoms with Crippen molar-refractivity contribution in [3.8, 4) is 0 Å². The monoisotopic (exact) mass is 280 g/mol. The number of rotatable bonds is 5. The summed E-state index contributed by atoms with van der Waals surface area (Å²) in [6.45, 7) is 0. The van der Waals surface area contributed by atoms with Crippen LogP contribution in [0.1, 0.15) is 38.5 Å². The highest BCUT2D eigenvalue weighted by atomic mass is 32.2. The lowest BCUT2D eigenvalue weighted by Crippen LogP contribution is -2.54. The van der Waals surface area contributed by atoms with Gasteiger partial charge in [0.05, 0.1) is 6.42 Å². The molecule has 1 fully saturated rings. The first kappa shape index (κ1) is 14.9. The van der Waals surface area contributed by atoms with Crippen LogP contribution in [-0.4, -0.2) is 39.9 Å². The zero-order valence-electron chi connectivity index (χ0n) is 9.70. The summed E-state index contributed by atoms with van der Waals surface area (Å²) in [5.74, 6) is -4.21. The highest BCUT2D eigenvalue weighted by molar-refractivity contribution is 7.88. The highest BCUT2D eigenvalue weighted by Crippen LogP contribution is 2.40. The van der Waals surface area contributed by atoms with E-state index in [1.165, 1.54) is 0 Å². The molecule has 0 amide bonds. The van der Waals surface area contributed by atoms with Crippen LogP contribution in [0.15, 0.2) is 0 Å². The Balaban J connectivity index is 3.28. The van der Waals surface area contributed by atoms with Crippen LogP contribution in [0.5, 0.6) is 0 Å². The molecule has 104 valence electrons. The topological polar surface area (TPSA) is 129 Å². The van der Waals surface area contributed by atoms with E-state index in [2.05, 4.69) is 0 Å². The van der Waals surface area contributed by atoms with Crippen molar-refractivity contribution in [1.82, 2.24) is 0 Å². The van der Waals surface area contributed by atoms with Crippen molar-refractivity contribution in [3.63, 3.8) is 0 Å². The van der Waals surface area contributed by atoms with Crippen LogP contribution in [0.3, 0.4) is 0 Å². The molecule has 0 heterocycles. The summed E-state index contributed by atoms with van der Waals surface area (Å²) in [6, 6.07) is 0. The Morgan fingerprint density at radius 2 is 1.61 bits per heavy atom. The zero-order chi connectivity index (χ0) is 14.0. The second-order valence-corrected chi connectivity index (χ2v) is 6.25. The number of hydrogen-bond donors (Lipinski definition) is 3. The van der Waals surface area contributed by atoms with Gasteiger partial charge in [-0.3, -0.25) is 14.1 Å². The summed E-state index contributed by atoms with van der Waals surface area (Å²) in [6.07, 6.45) is 1.58. The normalized spacial score (nSPS) is 21.2. The number of carboxylic acid groups (broad SMARTS) is 2. The molecule has 0 saturated heterocycles. The Hall–Kier alpha value is -1.15. The van der Waals surface area contributed by atoms with Crippen LogP contribution in [0.25, 0.3) is 0 Å². The molecule has 1 atom stereocenters. The number of carbonyl (C=O) groups is 2. The third-order valence-corrected chi connectivity index (χ3v) is 5.07. The predicted octanol–water partition coefficient (Wildman–Crippen LogP) is 0.753. The molecule has 1 rings (SSSR count). The molecule has 0 aromatic rings. The first-order valence-electron chi connectivity index (χ1n) is 5.64. The van der Waals surface area contributed by atoms with Crippen LogP contribution < -0.4 is 0 Å². The van der Waals surface area contributed by atoms with E-state index in [4.69, 9.17) is 10.2 Å². The lowest BCUT2D eigenvalue weighted by molar-refractivity contribution is -0.149. The van der Waals surface area contributed by atoms with Crippen molar-refractivity contribution < 1.29 is 32.8 Å². The maximum atomic E-state index is 11.4. The second kappa shape index (κ2) is 5.23. The van der Waals surface area contributed by atoms with Gasteiger partial charge in [0.2, 0.25) is 4.75 Å². The van der Waals surface area contributed by atoms with Gasteiger partial charge in [-0.15, -0.1) is 0 Å². The summed E-state index contributed by atoms with van der Waals surface area (Å²) < 4.78 is 29.5. The first-order valence-corrected chi connectivity index (χ1v) is 7.08. The maximum Gasteiger partial charge on any atom is 0.328 e. The number of hydrogen-bond acceptors (Lipinski definition) is 4. The van der Waals surface area contributed by atoms with E-state index >= 15 is 0 Å². The van der Waals surface area contributed by atoms with Gasteiger partial charge in [0, 0.05) is 0 Å². The summed E-state index contributed by atoms with van der Waals surface area (Å²) in [5.41, 5.74) is 0. The van der Waals surface area contributed by atoms with Gasteiger partial charge < -0.3 is 10.2 Å². The van der Waals surface area contributed by atoms with Gasteiger partial charge in [-0.1, -0.05) is 19.3 Å². The van der Waals surface area contributed by atoms with E-state index in [1.54, 1.807) is 0 Å². The van der Waals surface area contributed by atoms with E-state index in [9.17, 15) is 22.6 Å². The molecule has 0 aromatic heterocycles. The van der Waals surface area contributed by atoms with E-state index in [0.29, 0.717) is 25.7 Å². The van der Waals surface area contributed by atoms with E-state index in [1.807, 2.05) is 0 Å². The van der Waals surface area contributed by atoms with Gasteiger partial charge in [0.1, 0.15) is 0 Å². The number of aliphatic carboxylic acids is 2. The van der Waals surface area contributed by atoms with Crippen LogP contribution >= 0.6 is 0 Å². The smallest absolute Gasteiger partial charge is 0.328 e. The molecule has 0 aromatic carbocycles. The third-order valence-electron chi connectivity index (χ3n) is 3.50. The van der Waals surface area contributed by atoms with E-state index in [0.717, 1.165) is 6.42 Å². The van der Waals surface area contributed by atoms with Crippen LogP contribution in [0, 0.1) is 5.92 Å². The SMILES string of the molecule is O=C(O)CC(C(=O)O)(C1CCCCC1)S(=O)(=O)O. The van der Waals surface area contributed by atoms with Crippen molar-refractivity contribution in [2.24, 2.45) is 5.92 Å². The molecule has 0 aliphatic heterocycles. The Kier molecular flexibility index (Phi) is 4.33. The van der Waals surface area contributed by atoms with Crippen molar-refractivity contribution >= 4 is 22.1 Å². The summed E-state index contributed by atoms with van der Waals surface area (Å²) in [7, 11) is -5.00. The minimum atomic E-state index is -5.00. The molecule has 1 aliphatic carbocycles. The van der Waals surface area contributed by atoms with Crippen LogP contribution in [-0.2, 0) is 19.7 Å². The molecular weight excluding hydrogens is 264 g/mol. The second-order valence-electron chi connectivity index (χ2n) is 4.58. The van der Waals surface area contributed by atoms with Crippen molar-refractivity contribution in [3.05, 3.63) is 0 Å². The summed E-state index contributed by atoms with van der Waals surface area (Å²) >= 11 is 0. The fourth-order valence-electron chi connectivity index (χ4n) is 2.60. The lowest BCUT2D eigenvalue weighted by atomic mass is 9.78. The minimum Gasteiger partial charge on any atom is -0.481 e. The van der Waals surface area contributed by atoms with E-state index < -0.39 is 39.1 Å².